The van der Waals surface area contributed by atoms with Crippen molar-refractivity contribution in [3.8, 4) is 10.6 Å². The average Bonchev–Trinajstić information content (AvgIpc) is 3.11. The van der Waals surface area contributed by atoms with Gasteiger partial charge in [-0.05, 0) is 25.9 Å². The van der Waals surface area contributed by atoms with Crippen molar-refractivity contribution in [3.05, 3.63) is 30.3 Å². The van der Waals surface area contributed by atoms with Crippen molar-refractivity contribution in [1.29, 1.82) is 0 Å². The second kappa shape index (κ2) is 6.11. The van der Waals surface area contributed by atoms with E-state index in [9.17, 15) is 4.79 Å². The Morgan fingerprint density at radius 1 is 1.20 bits per heavy atom. The third kappa shape index (κ3) is 3.20. The number of anilines is 1. The van der Waals surface area contributed by atoms with Crippen LogP contribution in [0.5, 0.6) is 0 Å². The quantitative estimate of drug-likeness (QED) is 0.937. The van der Waals surface area contributed by atoms with Crippen molar-refractivity contribution >= 4 is 22.4 Å². The molecule has 2 aromatic rings. The van der Waals surface area contributed by atoms with Gasteiger partial charge >= 0.3 is 0 Å². The maximum atomic E-state index is 11.9. The summed E-state index contributed by atoms with van der Waals surface area (Å²) in [5.74, 6) is -0.0114. The fourth-order valence-electron chi connectivity index (χ4n) is 2.27. The zero-order valence-electron chi connectivity index (χ0n) is 11.1. The molecule has 1 N–H and O–H groups in total. The van der Waals surface area contributed by atoms with Gasteiger partial charge in [-0.2, -0.15) is 0 Å². The average molecular weight is 288 g/mol. The van der Waals surface area contributed by atoms with E-state index in [0.717, 1.165) is 23.7 Å². The molecule has 0 atom stereocenters. The van der Waals surface area contributed by atoms with Crippen molar-refractivity contribution in [1.82, 2.24) is 15.1 Å². The van der Waals surface area contributed by atoms with Crippen molar-refractivity contribution in [3.63, 3.8) is 0 Å². The molecule has 0 spiro atoms. The Bertz CT molecular complexity index is 578. The Labute approximate surface area is 121 Å². The molecule has 20 heavy (non-hydrogen) atoms. The topological polar surface area (TPSA) is 58.1 Å². The summed E-state index contributed by atoms with van der Waals surface area (Å²) in [5.41, 5.74) is 1.02. The molecule has 104 valence electrons. The van der Waals surface area contributed by atoms with Crippen LogP contribution >= 0.6 is 11.3 Å². The van der Waals surface area contributed by atoms with Crippen LogP contribution in [0.15, 0.2) is 30.3 Å². The zero-order valence-corrected chi connectivity index (χ0v) is 11.9. The monoisotopic (exact) mass is 288 g/mol. The standard InChI is InChI=1S/C14H16N4OS/c19-12(10-18-8-4-5-9-18)15-14-17-16-13(20-14)11-6-2-1-3-7-11/h1-3,6-7H,4-5,8-10H2,(H,15,17,19). The van der Waals surface area contributed by atoms with Crippen molar-refractivity contribution < 1.29 is 4.79 Å². The lowest BCUT2D eigenvalue weighted by Gasteiger charge is -2.12. The summed E-state index contributed by atoms with van der Waals surface area (Å²) in [4.78, 5) is 14.1. The van der Waals surface area contributed by atoms with Crippen molar-refractivity contribution in [2.24, 2.45) is 0 Å². The number of carbonyl (C=O) groups is 1. The Hall–Kier alpha value is -1.79. The Morgan fingerprint density at radius 3 is 2.70 bits per heavy atom. The summed E-state index contributed by atoms with van der Waals surface area (Å²) in [6, 6.07) is 9.85. The van der Waals surface area contributed by atoms with Gasteiger partial charge in [0.2, 0.25) is 11.0 Å². The minimum atomic E-state index is -0.0114. The number of hydrogen-bond donors (Lipinski definition) is 1. The molecule has 0 saturated carbocycles. The molecule has 0 bridgehead atoms. The van der Waals surface area contributed by atoms with E-state index in [1.54, 1.807) is 0 Å². The summed E-state index contributed by atoms with van der Waals surface area (Å²) in [6.07, 6.45) is 2.37. The van der Waals surface area contributed by atoms with Gasteiger partial charge in [0.25, 0.3) is 0 Å². The first-order valence-electron chi connectivity index (χ1n) is 6.72. The molecule has 5 nitrogen and oxygen atoms in total. The lowest BCUT2D eigenvalue weighted by molar-refractivity contribution is -0.117. The molecule has 1 amide bonds. The molecule has 0 radical (unpaired) electrons. The second-order valence-electron chi connectivity index (χ2n) is 4.81. The van der Waals surface area contributed by atoms with Gasteiger partial charge in [-0.15, -0.1) is 10.2 Å². The molecular weight excluding hydrogens is 272 g/mol. The van der Waals surface area contributed by atoms with E-state index in [4.69, 9.17) is 0 Å². The summed E-state index contributed by atoms with van der Waals surface area (Å²) < 4.78 is 0. The van der Waals surface area contributed by atoms with Gasteiger partial charge in [0.05, 0.1) is 6.54 Å². The van der Waals surface area contributed by atoms with Crippen molar-refractivity contribution in [2.45, 2.75) is 12.8 Å². The number of aromatic nitrogens is 2. The number of nitrogens with zero attached hydrogens (tertiary/aromatic N) is 3. The summed E-state index contributed by atoms with van der Waals surface area (Å²) in [7, 11) is 0. The molecule has 6 heteroatoms. The largest absolute Gasteiger partial charge is 0.299 e. The molecule has 1 aliphatic heterocycles. The van der Waals surface area contributed by atoms with Crippen LogP contribution in [-0.4, -0.2) is 40.6 Å². The Balaban J connectivity index is 1.61. The van der Waals surface area contributed by atoms with Crippen molar-refractivity contribution in [2.75, 3.05) is 25.0 Å². The highest BCUT2D eigenvalue weighted by molar-refractivity contribution is 7.18. The van der Waals surface area contributed by atoms with E-state index in [-0.39, 0.29) is 5.91 Å². The highest BCUT2D eigenvalue weighted by Gasteiger charge is 2.16. The smallest absolute Gasteiger partial charge is 0.240 e. The lowest BCUT2D eigenvalue weighted by Crippen LogP contribution is -2.30. The molecular formula is C14H16N4OS. The van der Waals surface area contributed by atoms with Gasteiger partial charge in [-0.3, -0.25) is 15.0 Å². The van der Waals surface area contributed by atoms with Crippen LogP contribution in [0.4, 0.5) is 5.13 Å². The number of nitrogens with one attached hydrogen (secondary N) is 1. The normalized spacial score (nSPS) is 15.4. The van der Waals surface area contributed by atoms with Crippen LogP contribution in [-0.2, 0) is 4.79 Å². The van der Waals surface area contributed by atoms with Crippen LogP contribution < -0.4 is 5.32 Å². The van der Waals surface area contributed by atoms with Crippen LogP contribution in [0.25, 0.3) is 10.6 Å². The Kier molecular flexibility index (Phi) is 4.03. The minimum Gasteiger partial charge on any atom is -0.299 e. The molecule has 1 aromatic carbocycles. The number of hydrogen-bond acceptors (Lipinski definition) is 5. The number of likely N-dealkylation sites (tertiary alicyclic amines) is 1. The SMILES string of the molecule is O=C(CN1CCCC1)Nc1nnc(-c2ccccc2)s1. The molecule has 0 aliphatic carbocycles. The number of benzene rings is 1. The van der Waals surface area contributed by atoms with E-state index in [0.29, 0.717) is 11.7 Å². The van der Waals surface area contributed by atoms with Gasteiger partial charge in [-0.25, -0.2) is 0 Å². The predicted octanol–water partition coefficient (Wildman–Crippen LogP) is 2.24. The third-order valence-electron chi connectivity index (χ3n) is 3.26. The minimum absolute atomic E-state index is 0.0114. The second-order valence-corrected chi connectivity index (χ2v) is 5.79. The maximum absolute atomic E-state index is 11.9. The lowest BCUT2D eigenvalue weighted by atomic mass is 10.2. The fourth-order valence-corrected chi connectivity index (χ4v) is 3.04. The molecule has 1 saturated heterocycles. The number of carbonyl (C=O) groups excluding carboxylic acids is 1. The van der Waals surface area contributed by atoms with E-state index in [1.807, 2.05) is 30.3 Å². The third-order valence-corrected chi connectivity index (χ3v) is 4.15. The van der Waals surface area contributed by atoms with Crippen LogP contribution in [0, 0.1) is 0 Å². The summed E-state index contributed by atoms with van der Waals surface area (Å²) in [6.45, 7) is 2.47. The first kappa shape index (κ1) is 13.2. The first-order chi connectivity index (χ1) is 9.81. The first-order valence-corrected chi connectivity index (χ1v) is 7.54. The van der Waals surface area contributed by atoms with Gasteiger partial charge in [-0.1, -0.05) is 41.7 Å². The number of rotatable bonds is 4. The molecule has 1 aliphatic rings. The predicted molar refractivity (Wildman–Crippen MR) is 79.6 cm³/mol. The van der Waals surface area contributed by atoms with Gasteiger partial charge in [0.15, 0.2) is 0 Å². The zero-order chi connectivity index (χ0) is 13.8. The van der Waals surface area contributed by atoms with E-state index in [2.05, 4.69) is 20.4 Å². The van der Waals surface area contributed by atoms with Gasteiger partial charge < -0.3 is 0 Å². The van der Waals surface area contributed by atoms with Gasteiger partial charge in [0, 0.05) is 5.56 Å². The van der Waals surface area contributed by atoms with E-state index < -0.39 is 0 Å². The molecule has 1 aromatic heterocycles. The fraction of sp³-hybridized carbons (Fsp3) is 0.357. The highest BCUT2D eigenvalue weighted by Crippen LogP contribution is 2.25. The molecule has 2 heterocycles. The highest BCUT2D eigenvalue weighted by atomic mass is 32.1. The Morgan fingerprint density at radius 2 is 1.95 bits per heavy atom. The van der Waals surface area contributed by atoms with Crippen LogP contribution in [0.2, 0.25) is 0 Å². The van der Waals surface area contributed by atoms with Crippen LogP contribution in [0.1, 0.15) is 12.8 Å². The molecule has 3 rings (SSSR count). The number of amides is 1. The van der Waals surface area contributed by atoms with E-state index >= 15 is 0 Å². The molecule has 0 unspecified atom stereocenters. The summed E-state index contributed by atoms with van der Waals surface area (Å²) >= 11 is 1.40. The van der Waals surface area contributed by atoms with Gasteiger partial charge in [0.1, 0.15) is 5.01 Å². The van der Waals surface area contributed by atoms with E-state index in [1.165, 1.54) is 24.2 Å². The summed E-state index contributed by atoms with van der Waals surface area (Å²) in [5, 5.41) is 12.3. The maximum Gasteiger partial charge on any atom is 0.240 e. The van der Waals surface area contributed by atoms with Crippen LogP contribution in [0.3, 0.4) is 0 Å². The molecule has 1 fully saturated rings.